The van der Waals surface area contributed by atoms with Gasteiger partial charge in [-0.05, 0) is 73.9 Å². The monoisotopic (exact) mass is 400 g/mol. The first-order valence-electron chi connectivity index (χ1n) is 9.65. The number of hydrogen-bond acceptors (Lipinski definition) is 2. The van der Waals surface area contributed by atoms with E-state index in [-0.39, 0.29) is 11.8 Å². The van der Waals surface area contributed by atoms with Gasteiger partial charge in [-0.2, -0.15) is 0 Å². The summed E-state index contributed by atoms with van der Waals surface area (Å²) >= 11 is -1.76. The van der Waals surface area contributed by atoms with Crippen LogP contribution in [0.3, 0.4) is 0 Å². The molecule has 6 heteroatoms. The van der Waals surface area contributed by atoms with E-state index in [9.17, 15) is 9.00 Å². The highest BCUT2D eigenvalue weighted by molar-refractivity contribution is 7.79. The van der Waals surface area contributed by atoms with Gasteiger partial charge in [-0.15, -0.1) is 0 Å². The molecular formula is C22H28N2O3S. The first-order valence-corrected chi connectivity index (χ1v) is 10.9. The summed E-state index contributed by atoms with van der Waals surface area (Å²) in [6.07, 6.45) is 1.56. The standard InChI is InChI=1S/C22H28N2O3S/c1-15-5-4-6-19(11-15)21-16(2)12-20(13-17(21)3)23-22(25)24-9-7-18(14-24)8-10-28(26)27/h4-6,11-13,18H,7-10,14H2,1-3H3,(H,23,25)(H,26,27)/t18-/m1/s1. The molecule has 0 spiro atoms. The fourth-order valence-electron chi connectivity index (χ4n) is 4.01. The van der Waals surface area contributed by atoms with E-state index in [0.717, 1.165) is 23.2 Å². The molecule has 3 rings (SSSR count). The summed E-state index contributed by atoms with van der Waals surface area (Å²) in [4.78, 5) is 14.4. The van der Waals surface area contributed by atoms with E-state index in [1.807, 2.05) is 12.1 Å². The average molecular weight is 401 g/mol. The van der Waals surface area contributed by atoms with Crippen LogP contribution in [0.1, 0.15) is 29.5 Å². The van der Waals surface area contributed by atoms with E-state index >= 15 is 0 Å². The van der Waals surface area contributed by atoms with Crippen molar-refractivity contribution in [2.24, 2.45) is 5.92 Å². The Morgan fingerprint density at radius 3 is 2.57 bits per heavy atom. The molecule has 2 N–H and O–H groups in total. The molecule has 5 nitrogen and oxygen atoms in total. The van der Waals surface area contributed by atoms with E-state index in [1.54, 1.807) is 4.90 Å². The van der Waals surface area contributed by atoms with Crippen molar-refractivity contribution < 1.29 is 13.6 Å². The van der Waals surface area contributed by atoms with Crippen LogP contribution in [0.5, 0.6) is 0 Å². The molecule has 0 aliphatic carbocycles. The normalized spacial score (nSPS) is 17.6. The molecule has 2 atom stereocenters. The number of aryl methyl sites for hydroxylation is 3. The average Bonchev–Trinajstić information content (AvgIpc) is 3.08. The largest absolute Gasteiger partial charge is 0.324 e. The number of carbonyl (C=O) groups excluding carboxylic acids is 1. The zero-order valence-corrected chi connectivity index (χ0v) is 17.5. The number of nitrogens with one attached hydrogen (secondary N) is 1. The van der Waals surface area contributed by atoms with Crippen molar-refractivity contribution in [2.75, 3.05) is 24.2 Å². The second-order valence-electron chi connectivity index (χ2n) is 7.70. The predicted molar refractivity (Wildman–Crippen MR) is 115 cm³/mol. The van der Waals surface area contributed by atoms with E-state index in [0.29, 0.717) is 25.4 Å². The van der Waals surface area contributed by atoms with Crippen LogP contribution in [-0.2, 0) is 11.1 Å². The molecule has 1 aliphatic rings. The van der Waals surface area contributed by atoms with E-state index < -0.39 is 11.1 Å². The van der Waals surface area contributed by atoms with Crippen molar-refractivity contribution in [1.82, 2.24) is 4.90 Å². The number of carbonyl (C=O) groups is 1. The Labute approximate surface area is 169 Å². The first-order chi connectivity index (χ1) is 13.3. The zero-order chi connectivity index (χ0) is 20.3. The number of likely N-dealkylation sites (tertiary alicyclic amines) is 1. The number of amides is 2. The smallest absolute Gasteiger partial charge is 0.321 e. The second kappa shape index (κ2) is 8.88. The molecule has 2 amide bonds. The summed E-state index contributed by atoms with van der Waals surface area (Å²) in [5.74, 6) is 0.577. The minimum absolute atomic E-state index is 0.102. The molecule has 2 aromatic carbocycles. The summed E-state index contributed by atoms with van der Waals surface area (Å²) in [6, 6.07) is 12.4. The van der Waals surface area contributed by atoms with Crippen LogP contribution >= 0.6 is 0 Å². The molecular weight excluding hydrogens is 372 g/mol. The van der Waals surface area contributed by atoms with E-state index in [2.05, 4.69) is 50.4 Å². The third kappa shape index (κ3) is 5.00. The molecule has 0 bridgehead atoms. The molecule has 1 aliphatic heterocycles. The van der Waals surface area contributed by atoms with Gasteiger partial charge >= 0.3 is 6.03 Å². The lowest BCUT2D eigenvalue weighted by atomic mass is 9.94. The van der Waals surface area contributed by atoms with Gasteiger partial charge in [-0.1, -0.05) is 29.8 Å². The Hall–Kier alpha value is -2.18. The van der Waals surface area contributed by atoms with E-state index in [4.69, 9.17) is 4.55 Å². The van der Waals surface area contributed by atoms with Crippen LogP contribution < -0.4 is 5.32 Å². The number of urea groups is 1. The Morgan fingerprint density at radius 1 is 1.21 bits per heavy atom. The van der Waals surface area contributed by atoms with Crippen molar-refractivity contribution >= 4 is 22.8 Å². The van der Waals surface area contributed by atoms with Crippen LogP contribution in [0.15, 0.2) is 36.4 Å². The molecule has 0 saturated carbocycles. The predicted octanol–water partition coefficient (Wildman–Crippen LogP) is 4.74. The quantitative estimate of drug-likeness (QED) is 0.712. The van der Waals surface area contributed by atoms with Crippen LogP contribution in [0.2, 0.25) is 0 Å². The summed E-state index contributed by atoms with van der Waals surface area (Å²) in [5, 5.41) is 3.02. The lowest BCUT2D eigenvalue weighted by Crippen LogP contribution is -2.33. The highest BCUT2D eigenvalue weighted by atomic mass is 32.2. The summed E-state index contributed by atoms with van der Waals surface area (Å²) in [5.41, 5.74) is 6.69. The van der Waals surface area contributed by atoms with Gasteiger partial charge in [-0.3, -0.25) is 0 Å². The van der Waals surface area contributed by atoms with Crippen LogP contribution in [0.25, 0.3) is 11.1 Å². The van der Waals surface area contributed by atoms with Gasteiger partial charge in [0.1, 0.15) is 0 Å². The maximum atomic E-state index is 12.6. The van der Waals surface area contributed by atoms with Gasteiger partial charge in [0.25, 0.3) is 0 Å². The summed E-state index contributed by atoms with van der Waals surface area (Å²) < 4.78 is 19.8. The maximum absolute atomic E-state index is 12.6. The lowest BCUT2D eigenvalue weighted by Gasteiger charge is -2.19. The Morgan fingerprint density at radius 2 is 1.93 bits per heavy atom. The van der Waals surface area contributed by atoms with Crippen LogP contribution in [0, 0.1) is 26.7 Å². The third-order valence-electron chi connectivity index (χ3n) is 5.36. The highest BCUT2D eigenvalue weighted by Crippen LogP contribution is 2.31. The fraction of sp³-hybridized carbons (Fsp3) is 0.409. The van der Waals surface area contributed by atoms with Gasteiger partial charge in [0, 0.05) is 24.5 Å². The van der Waals surface area contributed by atoms with Crippen molar-refractivity contribution in [3.05, 3.63) is 53.1 Å². The summed E-state index contributed by atoms with van der Waals surface area (Å²) in [7, 11) is 0. The number of anilines is 1. The maximum Gasteiger partial charge on any atom is 0.321 e. The number of benzene rings is 2. The minimum atomic E-state index is -1.76. The van der Waals surface area contributed by atoms with Crippen molar-refractivity contribution in [3.8, 4) is 11.1 Å². The molecule has 1 unspecified atom stereocenters. The SMILES string of the molecule is Cc1cccc(-c2c(C)cc(NC(=O)N3CC[C@H](CCS(=O)O)C3)cc2C)c1. The van der Waals surface area contributed by atoms with Crippen LogP contribution in [0.4, 0.5) is 10.5 Å². The molecule has 0 radical (unpaired) electrons. The minimum Gasteiger partial charge on any atom is -0.324 e. The van der Waals surface area contributed by atoms with Crippen molar-refractivity contribution in [3.63, 3.8) is 0 Å². The zero-order valence-electron chi connectivity index (χ0n) is 16.7. The second-order valence-corrected chi connectivity index (χ2v) is 8.75. The van der Waals surface area contributed by atoms with Crippen molar-refractivity contribution in [1.29, 1.82) is 0 Å². The van der Waals surface area contributed by atoms with Crippen LogP contribution in [-0.4, -0.2) is 38.5 Å². The van der Waals surface area contributed by atoms with Gasteiger partial charge < -0.3 is 14.8 Å². The number of nitrogens with zero attached hydrogens (tertiary/aromatic N) is 1. The topological polar surface area (TPSA) is 69.6 Å². The molecule has 150 valence electrons. The van der Waals surface area contributed by atoms with E-state index in [1.165, 1.54) is 16.7 Å². The first kappa shape index (κ1) is 20.6. The van der Waals surface area contributed by atoms with Gasteiger partial charge in [0.05, 0.1) is 0 Å². The van der Waals surface area contributed by atoms with Gasteiger partial charge in [0.15, 0.2) is 11.1 Å². The molecule has 0 aromatic heterocycles. The van der Waals surface area contributed by atoms with Gasteiger partial charge in [-0.25, -0.2) is 9.00 Å². The number of hydrogen-bond donors (Lipinski definition) is 2. The summed E-state index contributed by atoms with van der Waals surface area (Å²) in [6.45, 7) is 7.56. The third-order valence-corrected chi connectivity index (χ3v) is 5.95. The Bertz CT molecular complexity index is 874. The highest BCUT2D eigenvalue weighted by Gasteiger charge is 2.26. The number of rotatable bonds is 5. The Balaban J connectivity index is 1.68. The van der Waals surface area contributed by atoms with Gasteiger partial charge in [0.2, 0.25) is 0 Å². The van der Waals surface area contributed by atoms with Crippen molar-refractivity contribution in [2.45, 2.75) is 33.6 Å². The Kier molecular flexibility index (Phi) is 6.52. The molecule has 2 aromatic rings. The molecule has 28 heavy (non-hydrogen) atoms. The molecule has 1 heterocycles. The molecule has 1 fully saturated rings. The molecule has 1 saturated heterocycles. The fourth-order valence-corrected chi connectivity index (χ4v) is 4.55. The lowest BCUT2D eigenvalue weighted by molar-refractivity contribution is 0.220.